The lowest BCUT2D eigenvalue weighted by Crippen LogP contribution is -2.12. The first-order valence-electron chi connectivity index (χ1n) is 8.06. The Hall–Kier alpha value is -1.50. The van der Waals surface area contributed by atoms with Gasteiger partial charge >= 0.3 is 0 Å². The molecule has 2 nitrogen and oxygen atoms in total. The molecule has 0 atom stereocenters. The summed E-state index contributed by atoms with van der Waals surface area (Å²) in [6, 6.07) is 21.5. The molecular weight excluding hydrogens is 477 g/mol. The van der Waals surface area contributed by atoms with Crippen molar-refractivity contribution in [2.24, 2.45) is 0 Å². The maximum absolute atomic E-state index is 12.4. The van der Waals surface area contributed by atoms with Crippen molar-refractivity contribution in [3.05, 3.63) is 92.0 Å². The standard InChI is InChI=1S/C21H17ClINOS/c1-14-12-18(23)8-11-20(14)24-21(25)16-4-2-15(3-5-16)13-26-19-9-6-17(22)7-10-19/h2-12H,13H2,1H3,(H,24,25). The molecule has 0 radical (unpaired) electrons. The Kier molecular flexibility index (Phi) is 6.62. The maximum atomic E-state index is 12.4. The summed E-state index contributed by atoms with van der Waals surface area (Å²) in [6.07, 6.45) is 0. The van der Waals surface area contributed by atoms with E-state index in [4.69, 9.17) is 11.6 Å². The van der Waals surface area contributed by atoms with E-state index in [0.29, 0.717) is 5.56 Å². The maximum Gasteiger partial charge on any atom is 0.255 e. The first-order valence-corrected chi connectivity index (χ1v) is 10.5. The molecule has 0 aliphatic heterocycles. The minimum atomic E-state index is -0.0915. The van der Waals surface area contributed by atoms with E-state index in [0.717, 1.165) is 25.6 Å². The van der Waals surface area contributed by atoms with Gasteiger partial charge in [0.2, 0.25) is 0 Å². The summed E-state index contributed by atoms with van der Waals surface area (Å²) in [5.74, 6) is 0.756. The third-order valence-corrected chi connectivity index (χ3v) is 5.88. The molecule has 0 heterocycles. The van der Waals surface area contributed by atoms with Gasteiger partial charge in [0.25, 0.3) is 5.91 Å². The second-order valence-corrected chi connectivity index (χ2v) is 8.58. The highest BCUT2D eigenvalue weighted by atomic mass is 127. The summed E-state index contributed by atoms with van der Waals surface area (Å²) in [5, 5.41) is 3.72. The summed E-state index contributed by atoms with van der Waals surface area (Å²) >= 11 is 9.91. The van der Waals surface area contributed by atoms with Crippen molar-refractivity contribution in [3.8, 4) is 0 Å². The number of carbonyl (C=O) groups is 1. The van der Waals surface area contributed by atoms with Crippen LogP contribution in [0.2, 0.25) is 5.02 Å². The van der Waals surface area contributed by atoms with E-state index in [2.05, 4.69) is 27.9 Å². The molecule has 132 valence electrons. The van der Waals surface area contributed by atoms with E-state index in [1.54, 1.807) is 11.8 Å². The average molecular weight is 494 g/mol. The van der Waals surface area contributed by atoms with E-state index in [1.165, 1.54) is 10.5 Å². The van der Waals surface area contributed by atoms with Crippen LogP contribution in [0.5, 0.6) is 0 Å². The number of hydrogen-bond acceptors (Lipinski definition) is 2. The molecule has 0 unspecified atom stereocenters. The van der Waals surface area contributed by atoms with Crippen LogP contribution < -0.4 is 5.32 Å². The van der Waals surface area contributed by atoms with Crippen LogP contribution in [0.15, 0.2) is 71.6 Å². The molecule has 0 spiro atoms. The van der Waals surface area contributed by atoms with Gasteiger partial charge in [-0.25, -0.2) is 0 Å². The lowest BCUT2D eigenvalue weighted by Gasteiger charge is -2.09. The number of anilines is 1. The molecule has 3 aromatic carbocycles. The first-order chi connectivity index (χ1) is 12.5. The highest BCUT2D eigenvalue weighted by Gasteiger charge is 2.08. The van der Waals surface area contributed by atoms with Gasteiger partial charge in [-0.2, -0.15) is 0 Å². The number of aryl methyl sites for hydroxylation is 1. The van der Waals surface area contributed by atoms with Gasteiger partial charge in [-0.3, -0.25) is 4.79 Å². The van der Waals surface area contributed by atoms with E-state index in [1.807, 2.05) is 73.7 Å². The van der Waals surface area contributed by atoms with Crippen molar-refractivity contribution in [1.82, 2.24) is 0 Å². The molecule has 0 saturated heterocycles. The summed E-state index contributed by atoms with van der Waals surface area (Å²) in [4.78, 5) is 13.6. The molecule has 1 amide bonds. The Bertz CT molecular complexity index is 910. The van der Waals surface area contributed by atoms with Crippen LogP contribution >= 0.6 is 46.0 Å². The summed E-state index contributed by atoms with van der Waals surface area (Å²) in [6.45, 7) is 1.99. The number of rotatable bonds is 5. The van der Waals surface area contributed by atoms with Gasteiger partial charge in [-0.1, -0.05) is 23.7 Å². The predicted molar refractivity (Wildman–Crippen MR) is 119 cm³/mol. The molecule has 5 heteroatoms. The molecule has 0 aliphatic carbocycles. The lowest BCUT2D eigenvalue weighted by molar-refractivity contribution is 0.102. The van der Waals surface area contributed by atoms with E-state index >= 15 is 0 Å². The summed E-state index contributed by atoms with van der Waals surface area (Å²) in [7, 11) is 0. The fraction of sp³-hybridized carbons (Fsp3) is 0.0952. The third kappa shape index (κ3) is 5.25. The van der Waals surface area contributed by atoms with E-state index in [-0.39, 0.29) is 5.91 Å². The Morgan fingerprint density at radius 2 is 1.73 bits per heavy atom. The highest BCUT2D eigenvalue weighted by Crippen LogP contribution is 2.24. The minimum absolute atomic E-state index is 0.0915. The molecule has 1 N–H and O–H groups in total. The summed E-state index contributed by atoms with van der Waals surface area (Å²) < 4.78 is 1.15. The third-order valence-electron chi connectivity index (χ3n) is 3.87. The highest BCUT2D eigenvalue weighted by molar-refractivity contribution is 14.1. The Balaban J connectivity index is 1.61. The van der Waals surface area contributed by atoms with Gasteiger partial charge in [0.15, 0.2) is 0 Å². The largest absolute Gasteiger partial charge is 0.322 e. The molecule has 0 saturated carbocycles. The number of carbonyl (C=O) groups excluding carboxylic acids is 1. The first kappa shape index (κ1) is 19.3. The average Bonchev–Trinajstić information content (AvgIpc) is 2.64. The second-order valence-electron chi connectivity index (χ2n) is 5.85. The second kappa shape index (κ2) is 8.93. The van der Waals surface area contributed by atoms with Crippen molar-refractivity contribution in [2.45, 2.75) is 17.6 Å². The number of amides is 1. The predicted octanol–water partition coefficient (Wildman–Crippen LogP) is 6.80. The Morgan fingerprint density at radius 1 is 1.04 bits per heavy atom. The molecule has 3 aromatic rings. The van der Waals surface area contributed by atoms with Crippen molar-refractivity contribution in [3.63, 3.8) is 0 Å². The number of halogens is 2. The Labute approximate surface area is 176 Å². The zero-order chi connectivity index (χ0) is 18.5. The lowest BCUT2D eigenvalue weighted by atomic mass is 10.1. The van der Waals surface area contributed by atoms with Crippen LogP contribution in [0.4, 0.5) is 5.69 Å². The molecule has 26 heavy (non-hydrogen) atoms. The summed E-state index contributed by atoms with van der Waals surface area (Å²) in [5.41, 5.74) is 3.73. The Morgan fingerprint density at radius 3 is 2.38 bits per heavy atom. The molecule has 0 fully saturated rings. The van der Waals surface area contributed by atoms with Crippen molar-refractivity contribution < 1.29 is 4.79 Å². The number of nitrogens with one attached hydrogen (secondary N) is 1. The zero-order valence-corrected chi connectivity index (χ0v) is 17.9. The van der Waals surface area contributed by atoms with Crippen molar-refractivity contribution in [2.75, 3.05) is 5.32 Å². The van der Waals surface area contributed by atoms with Gasteiger partial charge in [0, 0.05) is 30.5 Å². The van der Waals surface area contributed by atoms with Crippen molar-refractivity contribution >= 4 is 57.5 Å². The van der Waals surface area contributed by atoms with Gasteiger partial charge < -0.3 is 5.32 Å². The van der Waals surface area contributed by atoms with Crippen LogP contribution in [0.3, 0.4) is 0 Å². The van der Waals surface area contributed by atoms with E-state index in [9.17, 15) is 4.79 Å². The molecular formula is C21H17ClINOS. The van der Waals surface area contributed by atoms with Crippen LogP contribution in [0.25, 0.3) is 0 Å². The quantitative estimate of drug-likeness (QED) is 0.313. The molecule has 3 rings (SSSR count). The number of thioether (sulfide) groups is 1. The van der Waals surface area contributed by atoms with Crippen LogP contribution in [0.1, 0.15) is 21.5 Å². The van der Waals surface area contributed by atoms with Gasteiger partial charge in [-0.15, -0.1) is 11.8 Å². The fourth-order valence-electron chi connectivity index (χ4n) is 2.41. The van der Waals surface area contributed by atoms with Gasteiger partial charge in [0.1, 0.15) is 0 Å². The van der Waals surface area contributed by atoms with Crippen molar-refractivity contribution in [1.29, 1.82) is 0 Å². The van der Waals surface area contributed by atoms with Gasteiger partial charge in [-0.05, 0) is 95.2 Å². The monoisotopic (exact) mass is 493 g/mol. The smallest absolute Gasteiger partial charge is 0.255 e. The fourth-order valence-corrected chi connectivity index (χ4v) is 4.04. The molecule has 0 aliphatic rings. The van der Waals surface area contributed by atoms with Crippen LogP contribution in [-0.2, 0) is 5.75 Å². The minimum Gasteiger partial charge on any atom is -0.322 e. The topological polar surface area (TPSA) is 29.1 Å². The van der Waals surface area contributed by atoms with Crippen LogP contribution in [0, 0.1) is 10.5 Å². The zero-order valence-electron chi connectivity index (χ0n) is 14.1. The van der Waals surface area contributed by atoms with E-state index < -0.39 is 0 Å². The van der Waals surface area contributed by atoms with Crippen LogP contribution in [-0.4, -0.2) is 5.91 Å². The van der Waals surface area contributed by atoms with Gasteiger partial charge in [0.05, 0.1) is 0 Å². The number of hydrogen-bond donors (Lipinski definition) is 1. The normalized spacial score (nSPS) is 10.6. The SMILES string of the molecule is Cc1cc(I)ccc1NC(=O)c1ccc(CSc2ccc(Cl)cc2)cc1. The number of benzene rings is 3. The molecule has 0 aromatic heterocycles. The molecule has 0 bridgehead atoms.